The molecule has 1 amide bonds. The van der Waals surface area contributed by atoms with E-state index in [1.807, 2.05) is 26.0 Å². The van der Waals surface area contributed by atoms with Crippen molar-refractivity contribution in [3.63, 3.8) is 0 Å². The maximum Gasteiger partial charge on any atom is 0.257 e. The molecule has 0 fully saturated rings. The second-order valence-electron chi connectivity index (χ2n) is 5.74. The third kappa shape index (κ3) is 6.01. The van der Waals surface area contributed by atoms with E-state index in [4.69, 9.17) is 16.3 Å². The van der Waals surface area contributed by atoms with Crippen LogP contribution in [0.25, 0.3) is 0 Å². The summed E-state index contributed by atoms with van der Waals surface area (Å²) >= 11 is 5.79. The Morgan fingerprint density at radius 2 is 1.85 bits per heavy atom. The van der Waals surface area contributed by atoms with Crippen LogP contribution >= 0.6 is 11.6 Å². The summed E-state index contributed by atoms with van der Waals surface area (Å²) in [6.45, 7) is 4.03. The Hall–Kier alpha value is -2.09. The molecular weight excluding hydrogens is 376 g/mol. The average Bonchev–Trinajstić information content (AvgIpc) is 2.60. The van der Waals surface area contributed by atoms with Crippen molar-refractivity contribution in [1.29, 1.82) is 0 Å². The van der Waals surface area contributed by atoms with E-state index in [1.165, 1.54) is 12.1 Å². The zero-order chi connectivity index (χ0) is 19.2. The minimum atomic E-state index is -3.66. The van der Waals surface area contributed by atoms with E-state index >= 15 is 0 Å². The van der Waals surface area contributed by atoms with Crippen molar-refractivity contribution in [3.05, 3.63) is 58.6 Å². The number of amides is 1. The summed E-state index contributed by atoms with van der Waals surface area (Å²) in [6.07, 6.45) is 0. The minimum Gasteiger partial charge on any atom is -0.484 e. The minimum absolute atomic E-state index is 0.0597. The van der Waals surface area contributed by atoms with Crippen molar-refractivity contribution >= 4 is 27.5 Å². The lowest BCUT2D eigenvalue weighted by Crippen LogP contribution is -2.36. The van der Waals surface area contributed by atoms with Gasteiger partial charge in [0.05, 0.1) is 4.90 Å². The molecule has 0 saturated carbocycles. The highest BCUT2D eigenvalue weighted by molar-refractivity contribution is 7.89. The molecule has 0 aliphatic rings. The van der Waals surface area contributed by atoms with Crippen molar-refractivity contribution in [2.45, 2.75) is 18.7 Å². The fourth-order valence-corrected chi connectivity index (χ4v) is 3.44. The highest BCUT2D eigenvalue weighted by atomic mass is 35.5. The lowest BCUT2D eigenvalue weighted by Gasteiger charge is -2.10. The van der Waals surface area contributed by atoms with Gasteiger partial charge in [-0.25, -0.2) is 13.1 Å². The highest BCUT2D eigenvalue weighted by Gasteiger charge is 2.13. The molecule has 0 atom stereocenters. The van der Waals surface area contributed by atoms with Gasteiger partial charge in [-0.05, 0) is 55.3 Å². The summed E-state index contributed by atoms with van der Waals surface area (Å²) in [5.41, 5.74) is 2.23. The van der Waals surface area contributed by atoms with Crippen LogP contribution in [0.3, 0.4) is 0 Å². The van der Waals surface area contributed by atoms with Gasteiger partial charge in [0, 0.05) is 18.1 Å². The van der Waals surface area contributed by atoms with Gasteiger partial charge in [0.1, 0.15) is 5.75 Å². The number of hydrogen-bond donors (Lipinski definition) is 2. The maximum atomic E-state index is 12.1. The summed E-state index contributed by atoms with van der Waals surface area (Å²) in [6, 6.07) is 11.5. The second-order valence-corrected chi connectivity index (χ2v) is 7.94. The number of benzene rings is 2. The molecule has 2 rings (SSSR count). The van der Waals surface area contributed by atoms with Crippen molar-refractivity contribution in [2.75, 3.05) is 19.7 Å². The summed E-state index contributed by atoms with van der Waals surface area (Å²) < 4.78 is 32.0. The Morgan fingerprint density at radius 1 is 1.08 bits per heavy atom. The van der Waals surface area contributed by atoms with E-state index in [1.54, 1.807) is 18.2 Å². The van der Waals surface area contributed by atoms with Gasteiger partial charge in [0.25, 0.3) is 5.91 Å². The van der Waals surface area contributed by atoms with Crippen LogP contribution in [0.1, 0.15) is 11.1 Å². The largest absolute Gasteiger partial charge is 0.484 e. The fraction of sp³-hybridized carbons (Fsp3) is 0.278. The summed E-state index contributed by atoms with van der Waals surface area (Å²) in [7, 11) is -3.66. The topological polar surface area (TPSA) is 84.5 Å². The average molecular weight is 397 g/mol. The smallest absolute Gasteiger partial charge is 0.257 e. The molecule has 140 valence electrons. The molecule has 8 heteroatoms. The first-order valence-corrected chi connectivity index (χ1v) is 9.86. The fourth-order valence-electron chi connectivity index (χ4n) is 2.11. The maximum absolute atomic E-state index is 12.1. The van der Waals surface area contributed by atoms with Gasteiger partial charge >= 0.3 is 0 Å². The summed E-state index contributed by atoms with van der Waals surface area (Å²) in [5, 5.41) is 2.94. The lowest BCUT2D eigenvalue weighted by molar-refractivity contribution is -0.123. The predicted molar refractivity (Wildman–Crippen MR) is 101 cm³/mol. The van der Waals surface area contributed by atoms with Gasteiger partial charge in [0.15, 0.2) is 6.61 Å². The van der Waals surface area contributed by atoms with E-state index in [0.717, 1.165) is 11.1 Å². The van der Waals surface area contributed by atoms with Gasteiger partial charge in [0.2, 0.25) is 10.0 Å². The molecule has 0 radical (unpaired) electrons. The number of halogens is 1. The number of aryl methyl sites for hydroxylation is 2. The van der Waals surface area contributed by atoms with Crippen LogP contribution in [0.2, 0.25) is 5.02 Å². The van der Waals surface area contributed by atoms with Crippen LogP contribution < -0.4 is 14.8 Å². The predicted octanol–water partition coefficient (Wildman–Crippen LogP) is 2.43. The first-order valence-electron chi connectivity index (χ1n) is 8.00. The summed E-state index contributed by atoms with van der Waals surface area (Å²) in [5.74, 6) is 0.287. The third-order valence-electron chi connectivity index (χ3n) is 3.69. The second kappa shape index (κ2) is 9.02. The van der Waals surface area contributed by atoms with Crippen molar-refractivity contribution in [2.24, 2.45) is 0 Å². The molecule has 0 aliphatic heterocycles. The van der Waals surface area contributed by atoms with Gasteiger partial charge in [-0.15, -0.1) is 0 Å². The Bertz CT molecular complexity index is 885. The Labute approximate surface area is 158 Å². The van der Waals surface area contributed by atoms with Gasteiger partial charge in [-0.2, -0.15) is 0 Å². The number of carbonyl (C=O) groups is 1. The standard InChI is InChI=1S/C18H21ClN2O4S/c1-13-6-7-16(10-14(13)2)25-12-18(22)20-8-9-21-26(23,24)17-5-3-4-15(19)11-17/h3-7,10-11,21H,8-9,12H2,1-2H3,(H,20,22). The Balaban J connectivity index is 1.73. The molecule has 6 nitrogen and oxygen atoms in total. The zero-order valence-electron chi connectivity index (χ0n) is 14.6. The van der Waals surface area contributed by atoms with Gasteiger partial charge in [-0.1, -0.05) is 23.7 Å². The zero-order valence-corrected chi connectivity index (χ0v) is 16.2. The molecule has 0 bridgehead atoms. The number of nitrogens with one attached hydrogen (secondary N) is 2. The quantitative estimate of drug-likeness (QED) is 0.671. The van der Waals surface area contributed by atoms with E-state index in [9.17, 15) is 13.2 Å². The monoisotopic (exact) mass is 396 g/mol. The molecule has 0 aliphatic carbocycles. The summed E-state index contributed by atoms with van der Waals surface area (Å²) in [4.78, 5) is 11.9. The molecule has 0 unspecified atom stereocenters. The molecule has 2 aromatic rings. The molecule has 2 aromatic carbocycles. The van der Waals surface area contributed by atoms with E-state index in [0.29, 0.717) is 10.8 Å². The normalized spacial score (nSPS) is 11.2. The number of rotatable bonds is 8. The van der Waals surface area contributed by atoms with E-state index in [2.05, 4.69) is 10.0 Å². The van der Waals surface area contributed by atoms with E-state index < -0.39 is 10.0 Å². The van der Waals surface area contributed by atoms with Crippen molar-refractivity contribution in [3.8, 4) is 5.75 Å². The molecular formula is C18H21ClN2O4S. The number of sulfonamides is 1. The number of carbonyl (C=O) groups excluding carboxylic acids is 1. The first-order chi connectivity index (χ1) is 12.3. The number of hydrogen-bond acceptors (Lipinski definition) is 4. The molecule has 0 saturated heterocycles. The Kier molecular flexibility index (Phi) is 7.02. The van der Waals surface area contributed by atoms with Crippen molar-refractivity contribution < 1.29 is 17.9 Å². The first kappa shape index (κ1) is 20.2. The molecule has 0 heterocycles. The Morgan fingerprint density at radius 3 is 2.54 bits per heavy atom. The molecule has 0 aromatic heterocycles. The highest BCUT2D eigenvalue weighted by Crippen LogP contribution is 2.16. The number of ether oxygens (including phenoxy) is 1. The van der Waals surface area contributed by atoms with Crippen LogP contribution in [-0.2, 0) is 14.8 Å². The SMILES string of the molecule is Cc1ccc(OCC(=O)NCCNS(=O)(=O)c2cccc(Cl)c2)cc1C. The van der Waals surface area contributed by atoms with Gasteiger partial charge < -0.3 is 10.1 Å². The molecule has 26 heavy (non-hydrogen) atoms. The van der Waals surface area contributed by atoms with Crippen molar-refractivity contribution in [1.82, 2.24) is 10.0 Å². The third-order valence-corrected chi connectivity index (χ3v) is 5.39. The van der Waals surface area contributed by atoms with Crippen LogP contribution in [0.15, 0.2) is 47.4 Å². The molecule has 0 spiro atoms. The van der Waals surface area contributed by atoms with Crippen LogP contribution in [0.5, 0.6) is 5.75 Å². The lowest BCUT2D eigenvalue weighted by atomic mass is 10.1. The van der Waals surface area contributed by atoms with Crippen LogP contribution in [0.4, 0.5) is 0 Å². The molecule has 2 N–H and O–H groups in total. The van der Waals surface area contributed by atoms with E-state index in [-0.39, 0.29) is 30.5 Å². The van der Waals surface area contributed by atoms with Gasteiger partial charge in [-0.3, -0.25) is 4.79 Å². The van der Waals surface area contributed by atoms with Crippen LogP contribution in [-0.4, -0.2) is 34.0 Å². The van der Waals surface area contributed by atoms with Crippen LogP contribution in [0, 0.1) is 13.8 Å².